The molecule has 1 atom stereocenters. The SMILES string of the molecule is Cc1cccc(Nc2cc(C3CCCN(C(=O)/C=C/c4ccccc4)C3)nc(C)n2)n1. The highest BCUT2D eigenvalue weighted by atomic mass is 16.2. The summed E-state index contributed by atoms with van der Waals surface area (Å²) in [5.74, 6) is 2.43. The van der Waals surface area contributed by atoms with Gasteiger partial charge in [0.25, 0.3) is 0 Å². The fourth-order valence-corrected chi connectivity index (χ4v) is 3.86. The standard InChI is InChI=1S/C25H27N5O/c1-18-8-6-12-23(26-18)29-24-16-22(27-19(2)28-24)21-11-7-15-30(17-21)25(31)14-13-20-9-4-3-5-10-20/h3-6,8-10,12-14,16,21H,7,11,15,17H2,1-2H3,(H,26,27,28,29)/b14-13+. The van der Waals surface area contributed by atoms with Crippen molar-refractivity contribution in [3.05, 3.63) is 83.4 Å². The second kappa shape index (κ2) is 9.51. The fourth-order valence-electron chi connectivity index (χ4n) is 3.86. The minimum Gasteiger partial charge on any atom is -0.338 e. The summed E-state index contributed by atoms with van der Waals surface area (Å²) in [6.45, 7) is 5.29. The van der Waals surface area contributed by atoms with Crippen LogP contribution >= 0.6 is 0 Å². The third kappa shape index (κ3) is 5.54. The van der Waals surface area contributed by atoms with Crippen LogP contribution in [0.1, 0.15) is 41.5 Å². The Morgan fingerprint density at radius 3 is 2.68 bits per heavy atom. The van der Waals surface area contributed by atoms with Gasteiger partial charge in [0.15, 0.2) is 0 Å². The van der Waals surface area contributed by atoms with Crippen molar-refractivity contribution in [1.29, 1.82) is 0 Å². The highest BCUT2D eigenvalue weighted by molar-refractivity contribution is 5.91. The number of carbonyl (C=O) groups excluding carboxylic acids is 1. The van der Waals surface area contributed by atoms with E-state index in [9.17, 15) is 4.79 Å². The molecule has 3 heterocycles. The van der Waals surface area contributed by atoms with Crippen molar-refractivity contribution in [3.63, 3.8) is 0 Å². The Morgan fingerprint density at radius 1 is 1.03 bits per heavy atom. The number of amides is 1. The molecule has 1 aromatic carbocycles. The number of nitrogens with one attached hydrogen (secondary N) is 1. The second-order valence-corrected chi connectivity index (χ2v) is 7.88. The molecule has 0 radical (unpaired) electrons. The van der Waals surface area contributed by atoms with Crippen LogP contribution in [0.15, 0.2) is 60.7 Å². The van der Waals surface area contributed by atoms with Crippen molar-refractivity contribution in [2.24, 2.45) is 0 Å². The van der Waals surface area contributed by atoms with E-state index in [1.165, 1.54) is 0 Å². The first kappa shape index (κ1) is 20.7. The van der Waals surface area contributed by atoms with Gasteiger partial charge in [-0.15, -0.1) is 0 Å². The van der Waals surface area contributed by atoms with Gasteiger partial charge in [0.2, 0.25) is 5.91 Å². The van der Waals surface area contributed by atoms with Gasteiger partial charge >= 0.3 is 0 Å². The molecule has 0 saturated carbocycles. The van der Waals surface area contributed by atoms with Gasteiger partial charge in [-0.2, -0.15) is 0 Å². The van der Waals surface area contributed by atoms with E-state index < -0.39 is 0 Å². The highest BCUT2D eigenvalue weighted by Crippen LogP contribution is 2.28. The molecular formula is C25H27N5O. The van der Waals surface area contributed by atoms with Gasteiger partial charge < -0.3 is 10.2 Å². The Labute approximate surface area is 183 Å². The Bertz CT molecular complexity index is 1080. The fraction of sp³-hybridized carbons (Fsp3) is 0.280. The molecule has 1 N–H and O–H groups in total. The number of carbonyl (C=O) groups is 1. The zero-order valence-electron chi connectivity index (χ0n) is 18.0. The monoisotopic (exact) mass is 413 g/mol. The van der Waals surface area contributed by atoms with Gasteiger partial charge in [-0.25, -0.2) is 15.0 Å². The topological polar surface area (TPSA) is 71.0 Å². The molecule has 31 heavy (non-hydrogen) atoms. The molecule has 0 spiro atoms. The number of anilines is 2. The van der Waals surface area contributed by atoms with E-state index in [0.717, 1.165) is 48.0 Å². The number of pyridine rings is 1. The van der Waals surface area contributed by atoms with Crippen molar-refractivity contribution >= 4 is 23.6 Å². The van der Waals surface area contributed by atoms with E-state index in [0.29, 0.717) is 12.4 Å². The number of likely N-dealkylation sites (tertiary alicyclic amines) is 1. The largest absolute Gasteiger partial charge is 0.338 e. The Balaban J connectivity index is 1.47. The van der Waals surface area contributed by atoms with Gasteiger partial charge in [0.1, 0.15) is 17.5 Å². The maximum atomic E-state index is 12.7. The van der Waals surface area contributed by atoms with E-state index >= 15 is 0 Å². The molecule has 4 rings (SSSR count). The molecule has 2 aromatic heterocycles. The van der Waals surface area contributed by atoms with Crippen molar-refractivity contribution in [1.82, 2.24) is 19.9 Å². The number of nitrogens with zero attached hydrogens (tertiary/aromatic N) is 4. The predicted molar refractivity (Wildman–Crippen MR) is 123 cm³/mol. The third-order valence-corrected chi connectivity index (χ3v) is 5.37. The first-order valence-electron chi connectivity index (χ1n) is 10.6. The van der Waals surface area contributed by atoms with Gasteiger partial charge in [-0.3, -0.25) is 4.79 Å². The minimum absolute atomic E-state index is 0.0432. The lowest BCUT2D eigenvalue weighted by Crippen LogP contribution is -2.38. The molecule has 0 aliphatic carbocycles. The van der Waals surface area contributed by atoms with E-state index in [1.54, 1.807) is 6.08 Å². The molecule has 1 aliphatic heterocycles. The minimum atomic E-state index is 0.0432. The van der Waals surface area contributed by atoms with Crippen LogP contribution in [0.5, 0.6) is 0 Å². The number of rotatable bonds is 5. The number of piperidine rings is 1. The Hall–Kier alpha value is -3.54. The lowest BCUT2D eigenvalue weighted by atomic mass is 9.94. The summed E-state index contributed by atoms with van der Waals surface area (Å²) in [4.78, 5) is 28.3. The lowest BCUT2D eigenvalue weighted by Gasteiger charge is -2.32. The number of hydrogen-bond acceptors (Lipinski definition) is 5. The molecule has 6 heteroatoms. The van der Waals surface area contributed by atoms with Gasteiger partial charge in [0, 0.05) is 36.8 Å². The van der Waals surface area contributed by atoms with Crippen LogP contribution in [-0.4, -0.2) is 38.8 Å². The summed E-state index contributed by atoms with van der Waals surface area (Å²) in [5.41, 5.74) is 2.93. The molecular weight excluding hydrogens is 386 g/mol. The average Bonchev–Trinajstić information content (AvgIpc) is 2.78. The number of aryl methyl sites for hydroxylation is 2. The summed E-state index contributed by atoms with van der Waals surface area (Å²) in [6.07, 6.45) is 5.50. The average molecular weight is 414 g/mol. The molecule has 1 fully saturated rings. The second-order valence-electron chi connectivity index (χ2n) is 7.88. The van der Waals surface area contributed by atoms with Gasteiger partial charge in [-0.1, -0.05) is 36.4 Å². The maximum Gasteiger partial charge on any atom is 0.246 e. The van der Waals surface area contributed by atoms with Crippen molar-refractivity contribution in [2.45, 2.75) is 32.6 Å². The summed E-state index contributed by atoms with van der Waals surface area (Å²) < 4.78 is 0. The Morgan fingerprint density at radius 2 is 1.87 bits per heavy atom. The zero-order valence-corrected chi connectivity index (χ0v) is 18.0. The van der Waals surface area contributed by atoms with Crippen molar-refractivity contribution in [3.8, 4) is 0 Å². The maximum absolute atomic E-state index is 12.7. The molecule has 3 aromatic rings. The summed E-state index contributed by atoms with van der Waals surface area (Å²) >= 11 is 0. The normalized spacial score (nSPS) is 16.5. The van der Waals surface area contributed by atoms with Crippen molar-refractivity contribution in [2.75, 3.05) is 18.4 Å². The number of hydrogen-bond donors (Lipinski definition) is 1. The molecule has 0 bridgehead atoms. The summed E-state index contributed by atoms with van der Waals surface area (Å²) in [5, 5.41) is 3.28. The molecule has 1 amide bonds. The third-order valence-electron chi connectivity index (χ3n) is 5.37. The van der Waals surface area contributed by atoms with Crippen LogP contribution in [0, 0.1) is 13.8 Å². The zero-order chi connectivity index (χ0) is 21.6. The predicted octanol–water partition coefficient (Wildman–Crippen LogP) is 4.65. The molecule has 1 unspecified atom stereocenters. The van der Waals surface area contributed by atoms with Crippen molar-refractivity contribution < 1.29 is 4.79 Å². The van der Waals surface area contributed by atoms with Crippen LogP contribution in [0.4, 0.5) is 11.6 Å². The quantitative estimate of drug-likeness (QED) is 0.617. The molecule has 1 aliphatic rings. The van der Waals surface area contributed by atoms with Crippen LogP contribution in [0.25, 0.3) is 6.08 Å². The molecule has 1 saturated heterocycles. The molecule has 6 nitrogen and oxygen atoms in total. The first-order chi connectivity index (χ1) is 15.1. The first-order valence-corrected chi connectivity index (χ1v) is 10.6. The van der Waals surface area contributed by atoms with E-state index in [-0.39, 0.29) is 11.8 Å². The van der Waals surface area contributed by atoms with Gasteiger partial charge in [0.05, 0.1) is 5.69 Å². The highest BCUT2D eigenvalue weighted by Gasteiger charge is 2.25. The van der Waals surface area contributed by atoms with Crippen LogP contribution in [0.3, 0.4) is 0 Å². The number of aromatic nitrogens is 3. The summed E-state index contributed by atoms with van der Waals surface area (Å²) in [6, 6.07) is 17.7. The van der Waals surface area contributed by atoms with Gasteiger partial charge in [-0.05, 0) is 50.5 Å². The Kier molecular flexibility index (Phi) is 6.36. The van der Waals surface area contributed by atoms with Crippen LogP contribution < -0.4 is 5.32 Å². The van der Waals surface area contributed by atoms with E-state index in [2.05, 4.69) is 20.3 Å². The van der Waals surface area contributed by atoms with Crippen LogP contribution in [0.2, 0.25) is 0 Å². The summed E-state index contributed by atoms with van der Waals surface area (Å²) in [7, 11) is 0. The smallest absolute Gasteiger partial charge is 0.246 e. The van der Waals surface area contributed by atoms with E-state index in [1.807, 2.05) is 79.4 Å². The lowest BCUT2D eigenvalue weighted by molar-refractivity contribution is -0.127. The molecule has 158 valence electrons. The number of benzene rings is 1. The van der Waals surface area contributed by atoms with E-state index in [4.69, 9.17) is 0 Å². The van der Waals surface area contributed by atoms with Crippen LogP contribution in [-0.2, 0) is 4.79 Å².